The SMILES string of the molecule is CNC(=O)C1CCN(c2cc3[nH]c(=O)oc3cc2N)CC1. The number of nitrogens with two attached hydrogens (primary N) is 1. The van der Waals surface area contributed by atoms with E-state index in [1.54, 1.807) is 13.1 Å². The highest BCUT2D eigenvalue weighted by Gasteiger charge is 2.25. The molecule has 1 aromatic heterocycles. The Balaban J connectivity index is 1.83. The van der Waals surface area contributed by atoms with Crippen molar-refractivity contribution in [3.63, 3.8) is 0 Å². The maximum atomic E-state index is 11.6. The average Bonchev–Trinajstić information content (AvgIpc) is 2.85. The predicted molar refractivity (Wildman–Crippen MR) is 80.3 cm³/mol. The van der Waals surface area contributed by atoms with Gasteiger partial charge in [0.15, 0.2) is 5.58 Å². The first-order valence-corrected chi connectivity index (χ1v) is 6.97. The number of rotatable bonds is 2. The van der Waals surface area contributed by atoms with Crippen LogP contribution in [0.1, 0.15) is 12.8 Å². The third-order valence-corrected chi connectivity index (χ3v) is 4.02. The fourth-order valence-corrected chi connectivity index (χ4v) is 2.86. The Morgan fingerprint density at radius 2 is 2.14 bits per heavy atom. The lowest BCUT2D eigenvalue weighted by molar-refractivity contribution is -0.125. The van der Waals surface area contributed by atoms with Gasteiger partial charge in [0.05, 0.1) is 16.9 Å². The van der Waals surface area contributed by atoms with Crippen molar-refractivity contribution >= 4 is 28.4 Å². The number of nitrogens with one attached hydrogen (secondary N) is 2. The number of H-pyrrole nitrogens is 1. The molecule has 0 unspecified atom stereocenters. The number of carbonyl (C=O) groups is 1. The molecule has 1 saturated heterocycles. The number of nitrogens with zero attached hydrogens (tertiary/aromatic N) is 1. The minimum Gasteiger partial charge on any atom is -0.408 e. The highest BCUT2D eigenvalue weighted by molar-refractivity contribution is 5.86. The molecule has 1 aliphatic heterocycles. The largest absolute Gasteiger partial charge is 0.417 e. The number of aromatic amines is 1. The van der Waals surface area contributed by atoms with Gasteiger partial charge in [-0.05, 0) is 18.9 Å². The Kier molecular flexibility index (Phi) is 3.32. The fourth-order valence-electron chi connectivity index (χ4n) is 2.86. The molecule has 2 aromatic rings. The third kappa shape index (κ3) is 2.46. The van der Waals surface area contributed by atoms with Gasteiger partial charge >= 0.3 is 5.76 Å². The van der Waals surface area contributed by atoms with Crippen molar-refractivity contribution in [1.82, 2.24) is 10.3 Å². The van der Waals surface area contributed by atoms with Gasteiger partial charge in [-0.1, -0.05) is 0 Å². The van der Waals surface area contributed by atoms with Crippen molar-refractivity contribution in [1.29, 1.82) is 0 Å². The number of fused-ring (bicyclic) bond motifs is 1. The predicted octanol–water partition coefficient (Wildman–Crippen LogP) is 0.666. The summed E-state index contributed by atoms with van der Waals surface area (Å²) in [5.41, 5.74) is 8.59. The summed E-state index contributed by atoms with van der Waals surface area (Å²) in [4.78, 5) is 27.6. The molecule has 0 spiro atoms. The first-order chi connectivity index (χ1) is 10.1. The van der Waals surface area contributed by atoms with E-state index >= 15 is 0 Å². The van der Waals surface area contributed by atoms with Gasteiger partial charge in [-0.25, -0.2) is 4.79 Å². The summed E-state index contributed by atoms with van der Waals surface area (Å²) in [6, 6.07) is 3.49. The van der Waals surface area contributed by atoms with Crippen LogP contribution in [0.2, 0.25) is 0 Å². The average molecular weight is 290 g/mol. The second-order valence-corrected chi connectivity index (χ2v) is 5.30. The number of hydrogen-bond donors (Lipinski definition) is 3. The second-order valence-electron chi connectivity index (χ2n) is 5.30. The van der Waals surface area contributed by atoms with Gasteiger partial charge in [0.2, 0.25) is 5.91 Å². The molecule has 0 aliphatic carbocycles. The van der Waals surface area contributed by atoms with Crippen LogP contribution in [0.25, 0.3) is 11.1 Å². The molecule has 1 fully saturated rings. The monoisotopic (exact) mass is 290 g/mol. The van der Waals surface area contributed by atoms with E-state index in [9.17, 15) is 9.59 Å². The summed E-state index contributed by atoms with van der Waals surface area (Å²) < 4.78 is 4.99. The van der Waals surface area contributed by atoms with E-state index in [4.69, 9.17) is 10.2 Å². The van der Waals surface area contributed by atoms with Crippen LogP contribution < -0.4 is 21.7 Å². The molecule has 1 aliphatic rings. The fraction of sp³-hybridized carbons (Fsp3) is 0.429. The molecular weight excluding hydrogens is 272 g/mol. The summed E-state index contributed by atoms with van der Waals surface area (Å²) in [6.45, 7) is 1.52. The molecule has 1 aromatic carbocycles. The van der Waals surface area contributed by atoms with Gasteiger partial charge < -0.3 is 20.4 Å². The van der Waals surface area contributed by atoms with Crippen LogP contribution in [0.5, 0.6) is 0 Å². The van der Waals surface area contributed by atoms with Crippen LogP contribution in [-0.4, -0.2) is 31.0 Å². The molecule has 0 radical (unpaired) electrons. The van der Waals surface area contributed by atoms with E-state index in [0.717, 1.165) is 31.6 Å². The van der Waals surface area contributed by atoms with Crippen molar-refractivity contribution in [3.8, 4) is 0 Å². The summed E-state index contributed by atoms with van der Waals surface area (Å²) in [7, 11) is 1.66. The Bertz CT molecular complexity index is 725. The van der Waals surface area contributed by atoms with Crippen LogP contribution in [-0.2, 0) is 4.79 Å². The molecular formula is C14H18N4O3. The number of benzene rings is 1. The van der Waals surface area contributed by atoms with Crippen molar-refractivity contribution in [2.75, 3.05) is 30.8 Å². The van der Waals surface area contributed by atoms with Crippen molar-refractivity contribution in [2.45, 2.75) is 12.8 Å². The van der Waals surface area contributed by atoms with Crippen LogP contribution in [0.4, 0.5) is 11.4 Å². The molecule has 112 valence electrons. The molecule has 3 rings (SSSR count). The van der Waals surface area contributed by atoms with Crippen LogP contribution in [0, 0.1) is 5.92 Å². The lowest BCUT2D eigenvalue weighted by Crippen LogP contribution is -2.39. The van der Waals surface area contributed by atoms with E-state index in [2.05, 4.69) is 15.2 Å². The quantitative estimate of drug-likeness (QED) is 0.705. The molecule has 1 amide bonds. The minimum atomic E-state index is -0.486. The molecule has 0 atom stereocenters. The van der Waals surface area contributed by atoms with E-state index in [-0.39, 0.29) is 11.8 Å². The number of hydrogen-bond acceptors (Lipinski definition) is 5. The number of aromatic nitrogens is 1. The second kappa shape index (κ2) is 5.16. The van der Waals surface area contributed by atoms with E-state index in [0.29, 0.717) is 16.8 Å². The zero-order valence-corrected chi connectivity index (χ0v) is 11.8. The number of nitrogen functional groups attached to an aromatic ring is 1. The first kappa shape index (κ1) is 13.5. The number of anilines is 2. The Labute approximate surface area is 121 Å². The first-order valence-electron chi connectivity index (χ1n) is 6.97. The third-order valence-electron chi connectivity index (χ3n) is 4.02. The normalized spacial score (nSPS) is 16.3. The Morgan fingerprint density at radius 1 is 1.43 bits per heavy atom. The maximum absolute atomic E-state index is 11.6. The maximum Gasteiger partial charge on any atom is 0.417 e. The van der Waals surface area contributed by atoms with Crippen LogP contribution >= 0.6 is 0 Å². The zero-order valence-electron chi connectivity index (χ0n) is 11.8. The minimum absolute atomic E-state index is 0.0601. The smallest absolute Gasteiger partial charge is 0.408 e. The highest BCUT2D eigenvalue weighted by Crippen LogP contribution is 2.31. The van der Waals surface area contributed by atoms with Crippen molar-refractivity contribution in [2.24, 2.45) is 5.92 Å². The molecule has 7 heteroatoms. The van der Waals surface area contributed by atoms with Gasteiger partial charge in [-0.2, -0.15) is 0 Å². The van der Waals surface area contributed by atoms with E-state index in [1.807, 2.05) is 6.07 Å². The van der Waals surface area contributed by atoms with Crippen molar-refractivity contribution in [3.05, 3.63) is 22.7 Å². The van der Waals surface area contributed by atoms with Gasteiger partial charge in [0, 0.05) is 32.1 Å². The van der Waals surface area contributed by atoms with Gasteiger partial charge in [-0.15, -0.1) is 0 Å². The summed E-state index contributed by atoms with van der Waals surface area (Å²) in [5, 5.41) is 2.69. The van der Waals surface area contributed by atoms with Crippen molar-refractivity contribution < 1.29 is 9.21 Å². The number of oxazole rings is 1. The van der Waals surface area contributed by atoms with Gasteiger partial charge in [0.1, 0.15) is 0 Å². The van der Waals surface area contributed by atoms with E-state index < -0.39 is 5.76 Å². The molecule has 2 heterocycles. The standard InChI is InChI=1S/C14H18N4O3/c1-16-13(19)8-2-4-18(5-3-8)11-7-10-12(6-9(11)15)21-14(20)17-10/h6-8H,2-5,15H2,1H3,(H,16,19)(H,17,20). The molecule has 0 saturated carbocycles. The molecule has 7 nitrogen and oxygen atoms in total. The lowest BCUT2D eigenvalue weighted by atomic mass is 9.95. The molecule has 4 N–H and O–H groups in total. The number of piperidine rings is 1. The topological polar surface area (TPSA) is 104 Å². The highest BCUT2D eigenvalue weighted by atomic mass is 16.4. The summed E-state index contributed by atoms with van der Waals surface area (Å²) in [6.07, 6.45) is 1.58. The number of carbonyl (C=O) groups excluding carboxylic acids is 1. The molecule has 0 bridgehead atoms. The van der Waals surface area contributed by atoms with E-state index in [1.165, 1.54) is 0 Å². The Hall–Kier alpha value is -2.44. The molecule has 21 heavy (non-hydrogen) atoms. The zero-order chi connectivity index (χ0) is 15.0. The summed E-state index contributed by atoms with van der Waals surface area (Å²) >= 11 is 0. The van der Waals surface area contributed by atoms with Gasteiger partial charge in [-0.3, -0.25) is 9.78 Å². The number of amides is 1. The van der Waals surface area contributed by atoms with Crippen LogP contribution in [0.3, 0.4) is 0 Å². The van der Waals surface area contributed by atoms with Crippen LogP contribution in [0.15, 0.2) is 21.3 Å². The lowest BCUT2D eigenvalue weighted by Gasteiger charge is -2.33. The summed E-state index contributed by atoms with van der Waals surface area (Å²) in [5.74, 6) is -0.331. The Morgan fingerprint density at radius 3 is 2.81 bits per heavy atom. The van der Waals surface area contributed by atoms with Gasteiger partial charge in [0.25, 0.3) is 0 Å².